The fraction of sp³-hybridized carbons (Fsp3) is 0.536. The number of aromatic nitrogens is 1. The summed E-state index contributed by atoms with van der Waals surface area (Å²) in [6, 6.07) is 9.07. The first-order chi connectivity index (χ1) is 14.5. The number of benzene rings is 1. The van der Waals surface area contributed by atoms with Gasteiger partial charge in [0.25, 0.3) is 0 Å². The van der Waals surface area contributed by atoms with Crippen LogP contribution in [0.4, 0.5) is 0 Å². The Bertz CT molecular complexity index is 1070. The molecule has 0 saturated heterocycles. The predicted octanol–water partition coefficient (Wildman–Crippen LogP) is 6.55. The molecule has 0 unspecified atom stereocenters. The van der Waals surface area contributed by atoms with Gasteiger partial charge >= 0.3 is 0 Å². The van der Waals surface area contributed by atoms with Gasteiger partial charge in [-0.1, -0.05) is 43.7 Å². The molecule has 1 N–H and O–H groups in total. The third-order valence-electron chi connectivity index (χ3n) is 9.61. The minimum absolute atomic E-state index is 0.113. The number of rotatable bonds is 1. The van der Waals surface area contributed by atoms with Gasteiger partial charge in [0.05, 0.1) is 6.10 Å². The molecule has 6 atom stereocenters. The molecule has 2 aromatic rings. The average molecular weight is 400 g/mol. The van der Waals surface area contributed by atoms with Gasteiger partial charge < -0.3 is 5.11 Å². The minimum atomic E-state index is -0.113. The van der Waals surface area contributed by atoms with E-state index < -0.39 is 0 Å². The first-order valence-electron chi connectivity index (χ1n) is 11.9. The highest BCUT2D eigenvalue weighted by Crippen LogP contribution is 2.66. The largest absolute Gasteiger partial charge is 0.393 e. The van der Waals surface area contributed by atoms with Crippen LogP contribution >= 0.6 is 0 Å². The molecule has 2 saturated carbocycles. The van der Waals surface area contributed by atoms with Gasteiger partial charge in [-0.15, -0.1) is 0 Å². The van der Waals surface area contributed by atoms with E-state index in [1.54, 1.807) is 11.1 Å². The lowest BCUT2D eigenvalue weighted by atomic mass is 9.47. The van der Waals surface area contributed by atoms with E-state index in [1.807, 2.05) is 12.4 Å². The van der Waals surface area contributed by atoms with Crippen molar-refractivity contribution in [3.05, 3.63) is 59.9 Å². The molecule has 6 rings (SSSR count). The smallest absolute Gasteiger partial charge is 0.0577 e. The second-order valence-corrected chi connectivity index (χ2v) is 10.9. The molecule has 0 aliphatic heterocycles. The number of nitrogens with zero attached hydrogens (tertiary/aromatic N) is 1. The lowest BCUT2D eigenvalue weighted by molar-refractivity contribution is -0.0238. The quantitative estimate of drug-likeness (QED) is 0.551. The zero-order valence-electron chi connectivity index (χ0n) is 18.3. The van der Waals surface area contributed by atoms with Gasteiger partial charge in [-0.05, 0) is 102 Å². The Morgan fingerprint density at radius 1 is 0.933 bits per heavy atom. The van der Waals surface area contributed by atoms with E-state index in [-0.39, 0.29) is 11.5 Å². The fourth-order valence-electron chi connectivity index (χ4n) is 7.91. The Kier molecular flexibility index (Phi) is 4.10. The molecule has 30 heavy (non-hydrogen) atoms. The number of fused-ring (bicyclic) bond motifs is 6. The molecule has 0 spiro atoms. The summed E-state index contributed by atoms with van der Waals surface area (Å²) in [6.07, 6.45) is 17.0. The van der Waals surface area contributed by atoms with Crippen LogP contribution in [-0.2, 0) is 0 Å². The van der Waals surface area contributed by atoms with Gasteiger partial charge in [-0.25, -0.2) is 0 Å². The zero-order valence-corrected chi connectivity index (χ0v) is 18.3. The summed E-state index contributed by atoms with van der Waals surface area (Å²) in [5, 5.41) is 12.8. The summed E-state index contributed by atoms with van der Waals surface area (Å²) in [4.78, 5) is 4.27. The normalized spacial score (nSPS) is 40.2. The van der Waals surface area contributed by atoms with Crippen LogP contribution in [0.25, 0.3) is 16.3 Å². The second kappa shape index (κ2) is 6.53. The molecular weight excluding hydrogens is 366 g/mol. The number of aliphatic hydroxyl groups excluding tert-OH is 1. The third kappa shape index (κ3) is 2.56. The lowest BCUT2D eigenvalue weighted by Gasteiger charge is -2.57. The van der Waals surface area contributed by atoms with Crippen molar-refractivity contribution in [1.82, 2.24) is 4.98 Å². The monoisotopic (exact) mass is 399 g/mol. The van der Waals surface area contributed by atoms with Crippen molar-refractivity contribution in [1.29, 1.82) is 0 Å². The first kappa shape index (κ1) is 18.8. The summed E-state index contributed by atoms with van der Waals surface area (Å²) in [5.41, 5.74) is 5.18. The van der Waals surface area contributed by atoms with Crippen molar-refractivity contribution in [2.45, 2.75) is 64.9 Å². The molecule has 0 amide bonds. The van der Waals surface area contributed by atoms with Crippen molar-refractivity contribution in [2.75, 3.05) is 0 Å². The van der Waals surface area contributed by atoms with E-state index >= 15 is 0 Å². The van der Waals surface area contributed by atoms with Crippen molar-refractivity contribution >= 4 is 16.3 Å². The van der Waals surface area contributed by atoms with Gasteiger partial charge in [0, 0.05) is 17.8 Å². The van der Waals surface area contributed by atoms with Crippen molar-refractivity contribution in [3.8, 4) is 0 Å². The minimum Gasteiger partial charge on any atom is -0.393 e. The van der Waals surface area contributed by atoms with Gasteiger partial charge in [0.2, 0.25) is 0 Å². The van der Waals surface area contributed by atoms with E-state index in [2.05, 4.69) is 55.2 Å². The molecule has 1 aromatic carbocycles. The van der Waals surface area contributed by atoms with E-state index in [4.69, 9.17) is 0 Å². The fourth-order valence-corrected chi connectivity index (χ4v) is 7.91. The van der Waals surface area contributed by atoms with Crippen molar-refractivity contribution in [3.63, 3.8) is 0 Å². The summed E-state index contributed by atoms with van der Waals surface area (Å²) in [7, 11) is 0. The van der Waals surface area contributed by atoms with Gasteiger partial charge in [0.1, 0.15) is 0 Å². The zero-order chi connectivity index (χ0) is 20.5. The number of allylic oxidation sites excluding steroid dienone is 3. The molecular formula is C28H33NO. The Labute approximate surface area is 180 Å². The summed E-state index contributed by atoms with van der Waals surface area (Å²) >= 11 is 0. The van der Waals surface area contributed by atoms with Crippen LogP contribution in [0.2, 0.25) is 0 Å². The molecule has 2 nitrogen and oxygen atoms in total. The molecule has 0 bridgehead atoms. The van der Waals surface area contributed by atoms with Crippen LogP contribution in [0.5, 0.6) is 0 Å². The maximum Gasteiger partial charge on any atom is 0.0577 e. The van der Waals surface area contributed by atoms with Crippen LogP contribution in [0, 0.1) is 28.6 Å². The van der Waals surface area contributed by atoms with E-state index in [1.165, 1.54) is 48.4 Å². The molecule has 0 radical (unpaired) electrons. The molecule has 4 aliphatic rings. The number of hydrogen-bond acceptors (Lipinski definition) is 2. The molecule has 4 aliphatic carbocycles. The summed E-state index contributed by atoms with van der Waals surface area (Å²) in [6.45, 7) is 5.07. The van der Waals surface area contributed by atoms with Crippen LogP contribution in [-0.4, -0.2) is 16.2 Å². The number of aliphatic hydroxyl groups is 1. The summed E-state index contributed by atoms with van der Waals surface area (Å²) < 4.78 is 0. The number of hydrogen-bond donors (Lipinski definition) is 1. The highest BCUT2D eigenvalue weighted by Gasteiger charge is 2.56. The Balaban J connectivity index is 1.34. The second-order valence-electron chi connectivity index (χ2n) is 10.9. The van der Waals surface area contributed by atoms with E-state index in [0.717, 1.165) is 30.6 Å². The average Bonchev–Trinajstić information content (AvgIpc) is 3.11. The maximum absolute atomic E-state index is 10.2. The third-order valence-corrected chi connectivity index (χ3v) is 9.61. The van der Waals surface area contributed by atoms with Crippen molar-refractivity contribution in [2.24, 2.45) is 28.6 Å². The topological polar surface area (TPSA) is 33.1 Å². The van der Waals surface area contributed by atoms with E-state index in [0.29, 0.717) is 5.41 Å². The standard InChI is InChI=1S/C28H33NO/c1-27-12-9-22(30)16-21(27)5-6-23-25-8-7-24(28(25,2)13-10-26(23)27)19-3-4-20-17-29-14-11-18(20)15-19/h3-5,7,11,14-15,17,22-23,25-26,30H,6,8-10,12-13,16H2,1-2H3/t22-,23-,25-,26-,27-,28+/m0/s1. The first-order valence-corrected chi connectivity index (χ1v) is 11.9. The highest BCUT2D eigenvalue weighted by atomic mass is 16.3. The summed E-state index contributed by atoms with van der Waals surface area (Å²) in [5.74, 6) is 2.32. The van der Waals surface area contributed by atoms with Gasteiger partial charge in [-0.3, -0.25) is 4.98 Å². The van der Waals surface area contributed by atoms with Crippen LogP contribution in [0.15, 0.2) is 54.4 Å². The van der Waals surface area contributed by atoms with Crippen LogP contribution in [0.3, 0.4) is 0 Å². The molecule has 2 heteroatoms. The molecule has 1 aromatic heterocycles. The Morgan fingerprint density at radius 2 is 1.80 bits per heavy atom. The highest BCUT2D eigenvalue weighted by molar-refractivity contribution is 5.86. The SMILES string of the molecule is C[C@]12CC[C@H](O)CC1=CC[C@@H]1[C@@H]2CC[C@]2(C)C(c3ccc4cnccc4c3)=CC[C@@H]12. The predicted molar refractivity (Wildman–Crippen MR) is 123 cm³/mol. The molecule has 156 valence electrons. The van der Waals surface area contributed by atoms with Crippen molar-refractivity contribution < 1.29 is 5.11 Å². The molecule has 2 fully saturated rings. The van der Waals surface area contributed by atoms with Crippen LogP contribution in [0.1, 0.15) is 64.4 Å². The number of pyridine rings is 1. The lowest BCUT2D eigenvalue weighted by Crippen LogP contribution is -2.49. The maximum atomic E-state index is 10.2. The van der Waals surface area contributed by atoms with Gasteiger partial charge in [0.15, 0.2) is 0 Å². The Morgan fingerprint density at radius 3 is 2.70 bits per heavy atom. The molecule has 1 heterocycles. The Hall–Kier alpha value is -1.93. The van der Waals surface area contributed by atoms with E-state index in [9.17, 15) is 5.11 Å². The van der Waals surface area contributed by atoms with Crippen LogP contribution < -0.4 is 0 Å². The van der Waals surface area contributed by atoms with Gasteiger partial charge in [-0.2, -0.15) is 0 Å².